The Balaban J connectivity index is 1.91. The van der Waals surface area contributed by atoms with Gasteiger partial charge in [0, 0.05) is 13.0 Å². The van der Waals surface area contributed by atoms with Crippen LogP contribution in [0.15, 0.2) is 6.20 Å². The van der Waals surface area contributed by atoms with Gasteiger partial charge in [0.25, 0.3) is 0 Å². The molecule has 1 aliphatic rings. The highest BCUT2D eigenvalue weighted by atomic mass is 16.4. The summed E-state index contributed by atoms with van der Waals surface area (Å²) >= 11 is 0. The number of carboxylic acid groups (broad SMARTS) is 1. The molecular weight excluding hydrogens is 182 g/mol. The summed E-state index contributed by atoms with van der Waals surface area (Å²) in [5.74, 6) is -0.223. The number of carbonyl (C=O) groups is 1. The number of fused-ring (bicyclic) bond motifs is 1. The largest absolute Gasteiger partial charge is 0.481 e. The van der Waals surface area contributed by atoms with Crippen molar-refractivity contribution >= 4 is 5.97 Å². The number of hydrogen-bond donors (Lipinski definition) is 1. The first kappa shape index (κ1) is 9.18. The molecule has 1 atom stereocenters. The van der Waals surface area contributed by atoms with Crippen LogP contribution in [0.1, 0.15) is 25.0 Å². The second-order valence-electron chi connectivity index (χ2n) is 3.74. The predicted molar refractivity (Wildman–Crippen MR) is 48.7 cm³/mol. The molecule has 1 aromatic heterocycles. The van der Waals surface area contributed by atoms with E-state index in [0.717, 1.165) is 31.5 Å². The van der Waals surface area contributed by atoms with Crippen molar-refractivity contribution in [2.45, 2.75) is 32.2 Å². The zero-order chi connectivity index (χ0) is 9.97. The first-order valence-corrected chi connectivity index (χ1v) is 4.85. The van der Waals surface area contributed by atoms with Gasteiger partial charge in [0.15, 0.2) is 0 Å². The lowest BCUT2D eigenvalue weighted by atomic mass is 9.92. The highest BCUT2D eigenvalue weighted by molar-refractivity contribution is 5.66. The van der Waals surface area contributed by atoms with E-state index in [9.17, 15) is 4.79 Å². The first-order valence-electron chi connectivity index (χ1n) is 4.85. The van der Waals surface area contributed by atoms with Crippen LogP contribution in [0.25, 0.3) is 0 Å². The molecule has 0 aliphatic carbocycles. The maximum Gasteiger partial charge on any atom is 0.303 e. The standard InChI is InChI=1S/C9H13N3O2/c13-9(14)2-1-7-3-4-12-8(5-7)6-10-11-12/h6-7H,1-5H2,(H,13,14). The van der Waals surface area contributed by atoms with Crippen LogP contribution in [-0.4, -0.2) is 26.1 Å². The second kappa shape index (κ2) is 3.77. The van der Waals surface area contributed by atoms with Crippen LogP contribution in [-0.2, 0) is 17.8 Å². The summed E-state index contributed by atoms with van der Waals surface area (Å²) < 4.78 is 1.90. The summed E-state index contributed by atoms with van der Waals surface area (Å²) in [6.07, 6.45) is 4.74. The second-order valence-corrected chi connectivity index (χ2v) is 3.74. The highest BCUT2D eigenvalue weighted by Crippen LogP contribution is 2.22. The SMILES string of the molecule is O=C(O)CCC1CCn2nncc2C1. The van der Waals surface area contributed by atoms with Crippen LogP contribution in [0.5, 0.6) is 0 Å². The summed E-state index contributed by atoms with van der Waals surface area (Å²) in [5, 5.41) is 16.3. The van der Waals surface area contributed by atoms with Crippen LogP contribution in [0.3, 0.4) is 0 Å². The lowest BCUT2D eigenvalue weighted by molar-refractivity contribution is -0.137. The number of aryl methyl sites for hydroxylation is 1. The molecule has 1 aromatic rings. The molecule has 0 bridgehead atoms. The number of rotatable bonds is 3. The highest BCUT2D eigenvalue weighted by Gasteiger charge is 2.19. The maximum absolute atomic E-state index is 10.4. The summed E-state index contributed by atoms with van der Waals surface area (Å²) in [4.78, 5) is 10.4. The molecule has 0 fully saturated rings. The van der Waals surface area contributed by atoms with Gasteiger partial charge in [0.2, 0.25) is 0 Å². The summed E-state index contributed by atoms with van der Waals surface area (Å²) in [5.41, 5.74) is 1.13. The van der Waals surface area contributed by atoms with E-state index >= 15 is 0 Å². The van der Waals surface area contributed by atoms with Crippen molar-refractivity contribution < 1.29 is 9.90 Å². The van der Waals surface area contributed by atoms with Gasteiger partial charge in [-0.05, 0) is 25.2 Å². The average molecular weight is 195 g/mol. The van der Waals surface area contributed by atoms with Gasteiger partial charge in [-0.2, -0.15) is 0 Å². The molecule has 0 saturated carbocycles. The van der Waals surface area contributed by atoms with Crippen molar-refractivity contribution in [3.63, 3.8) is 0 Å². The minimum atomic E-state index is -0.706. The van der Waals surface area contributed by atoms with Crippen LogP contribution in [0, 0.1) is 5.92 Å². The van der Waals surface area contributed by atoms with Gasteiger partial charge in [0.1, 0.15) is 0 Å². The minimum absolute atomic E-state index is 0.270. The smallest absolute Gasteiger partial charge is 0.303 e. The van der Waals surface area contributed by atoms with E-state index in [2.05, 4.69) is 10.3 Å². The number of aromatic nitrogens is 3. The van der Waals surface area contributed by atoms with E-state index in [0.29, 0.717) is 5.92 Å². The van der Waals surface area contributed by atoms with Gasteiger partial charge in [-0.25, -0.2) is 4.68 Å². The molecule has 76 valence electrons. The van der Waals surface area contributed by atoms with Gasteiger partial charge >= 0.3 is 5.97 Å². The Morgan fingerprint density at radius 3 is 3.36 bits per heavy atom. The van der Waals surface area contributed by atoms with Crippen molar-refractivity contribution in [3.05, 3.63) is 11.9 Å². The predicted octanol–water partition coefficient (Wildman–Crippen LogP) is 0.705. The molecule has 0 saturated heterocycles. The van der Waals surface area contributed by atoms with Crippen molar-refractivity contribution in [1.82, 2.24) is 15.0 Å². The van der Waals surface area contributed by atoms with Crippen molar-refractivity contribution in [3.8, 4) is 0 Å². The fourth-order valence-corrected chi connectivity index (χ4v) is 1.90. The number of carboxylic acids is 1. The van der Waals surface area contributed by atoms with E-state index < -0.39 is 5.97 Å². The third kappa shape index (κ3) is 1.92. The van der Waals surface area contributed by atoms with E-state index in [1.807, 2.05) is 4.68 Å². The van der Waals surface area contributed by atoms with Crippen molar-refractivity contribution in [1.29, 1.82) is 0 Å². The van der Waals surface area contributed by atoms with Crippen molar-refractivity contribution in [2.24, 2.45) is 5.92 Å². The molecule has 0 aromatic carbocycles. The van der Waals surface area contributed by atoms with Crippen LogP contribution < -0.4 is 0 Å². The van der Waals surface area contributed by atoms with E-state index in [-0.39, 0.29) is 6.42 Å². The van der Waals surface area contributed by atoms with Crippen LogP contribution in [0.4, 0.5) is 0 Å². The lowest BCUT2D eigenvalue weighted by Crippen LogP contribution is -2.20. The third-order valence-electron chi connectivity index (χ3n) is 2.71. The number of nitrogens with zero attached hydrogens (tertiary/aromatic N) is 3. The van der Waals surface area contributed by atoms with Crippen LogP contribution >= 0.6 is 0 Å². The molecule has 0 spiro atoms. The molecule has 1 N–H and O–H groups in total. The molecule has 5 nitrogen and oxygen atoms in total. The zero-order valence-corrected chi connectivity index (χ0v) is 7.89. The first-order chi connectivity index (χ1) is 6.75. The Morgan fingerprint density at radius 1 is 1.71 bits per heavy atom. The van der Waals surface area contributed by atoms with E-state index in [1.165, 1.54) is 0 Å². The van der Waals surface area contributed by atoms with Crippen LogP contribution in [0.2, 0.25) is 0 Å². The van der Waals surface area contributed by atoms with E-state index in [1.54, 1.807) is 6.20 Å². The normalized spacial score (nSPS) is 20.4. The van der Waals surface area contributed by atoms with Crippen molar-refractivity contribution in [2.75, 3.05) is 0 Å². The quantitative estimate of drug-likeness (QED) is 0.771. The van der Waals surface area contributed by atoms with E-state index in [4.69, 9.17) is 5.11 Å². The molecule has 0 radical (unpaired) electrons. The summed E-state index contributed by atoms with van der Waals surface area (Å²) in [6.45, 7) is 0.875. The number of aliphatic carboxylic acids is 1. The molecule has 5 heteroatoms. The average Bonchev–Trinajstić information content (AvgIpc) is 2.61. The lowest BCUT2D eigenvalue weighted by Gasteiger charge is -2.21. The molecule has 0 amide bonds. The Labute approximate surface area is 81.7 Å². The van der Waals surface area contributed by atoms with Gasteiger partial charge in [-0.3, -0.25) is 4.79 Å². The Bertz CT molecular complexity index is 335. The molecule has 1 unspecified atom stereocenters. The summed E-state index contributed by atoms with van der Waals surface area (Å²) in [6, 6.07) is 0. The number of hydrogen-bond acceptors (Lipinski definition) is 3. The monoisotopic (exact) mass is 195 g/mol. The molecular formula is C9H13N3O2. The molecule has 14 heavy (non-hydrogen) atoms. The van der Waals surface area contributed by atoms with Gasteiger partial charge in [-0.15, -0.1) is 5.10 Å². The maximum atomic E-state index is 10.4. The topological polar surface area (TPSA) is 68.0 Å². The van der Waals surface area contributed by atoms with Gasteiger partial charge in [0.05, 0.1) is 11.9 Å². The molecule has 2 heterocycles. The Kier molecular flexibility index (Phi) is 2.47. The molecule has 2 rings (SSSR count). The third-order valence-corrected chi connectivity index (χ3v) is 2.71. The van der Waals surface area contributed by atoms with Gasteiger partial charge < -0.3 is 5.11 Å². The fraction of sp³-hybridized carbons (Fsp3) is 0.667. The molecule has 1 aliphatic heterocycles. The minimum Gasteiger partial charge on any atom is -0.481 e. The van der Waals surface area contributed by atoms with Gasteiger partial charge in [-0.1, -0.05) is 5.21 Å². The Hall–Kier alpha value is -1.39. The zero-order valence-electron chi connectivity index (χ0n) is 7.89. The summed E-state index contributed by atoms with van der Waals surface area (Å²) in [7, 11) is 0. The Morgan fingerprint density at radius 2 is 2.57 bits per heavy atom. The fourth-order valence-electron chi connectivity index (χ4n) is 1.90.